The molecule has 198 valence electrons. The third-order valence-electron chi connectivity index (χ3n) is 6.99. The number of halogens is 1. The van der Waals surface area contributed by atoms with E-state index in [1.807, 2.05) is 50.2 Å². The van der Waals surface area contributed by atoms with Gasteiger partial charge in [-0.3, -0.25) is 14.4 Å². The Hall–Kier alpha value is -3.14. The number of allylic oxidation sites excluding steroid dienone is 4. The zero-order chi connectivity index (χ0) is 26.8. The topological polar surface area (TPSA) is 90.9 Å². The second-order valence-electron chi connectivity index (χ2n) is 9.73. The van der Waals surface area contributed by atoms with Gasteiger partial charge in [0.2, 0.25) is 0 Å². The maximum Gasteiger partial charge on any atom is 0.262 e. The second-order valence-corrected chi connectivity index (χ2v) is 10.9. The molecule has 8 heteroatoms. The molecule has 3 aliphatic rings. The average Bonchev–Trinajstić information content (AvgIpc) is 2.89. The summed E-state index contributed by atoms with van der Waals surface area (Å²) < 4.78 is 18.8. The average molecular weight is 627 g/mol. The molecule has 2 aliphatic carbocycles. The first-order valence-electron chi connectivity index (χ1n) is 13.0. The van der Waals surface area contributed by atoms with Crippen LogP contribution >= 0.6 is 22.6 Å². The molecule has 0 atom stereocenters. The Bertz CT molecular complexity index is 1320. The maximum absolute atomic E-state index is 13.1. The lowest BCUT2D eigenvalue weighted by molar-refractivity contribution is -0.119. The van der Waals surface area contributed by atoms with Crippen LogP contribution in [0.25, 0.3) is 0 Å². The highest BCUT2D eigenvalue weighted by molar-refractivity contribution is 14.1. The Kier molecular flexibility index (Phi) is 7.88. The Morgan fingerprint density at radius 3 is 2.21 bits per heavy atom. The van der Waals surface area contributed by atoms with Crippen molar-refractivity contribution in [1.29, 1.82) is 0 Å². The monoisotopic (exact) mass is 627 g/mol. The predicted molar refractivity (Wildman–Crippen MR) is 151 cm³/mol. The molecule has 2 aromatic carbocycles. The van der Waals surface area contributed by atoms with Crippen molar-refractivity contribution in [2.45, 2.75) is 58.3 Å². The minimum Gasteiger partial charge on any atom is -0.490 e. The predicted octanol–water partition coefficient (Wildman–Crippen LogP) is 6.14. The van der Waals surface area contributed by atoms with Crippen LogP contribution < -0.4 is 14.8 Å². The Morgan fingerprint density at radius 1 is 0.974 bits per heavy atom. The van der Waals surface area contributed by atoms with Crippen LogP contribution in [0.4, 0.5) is 5.69 Å². The van der Waals surface area contributed by atoms with Gasteiger partial charge in [-0.25, -0.2) is 0 Å². The quantitative estimate of drug-likeness (QED) is 0.371. The van der Waals surface area contributed by atoms with Gasteiger partial charge >= 0.3 is 0 Å². The van der Waals surface area contributed by atoms with Crippen molar-refractivity contribution in [1.82, 2.24) is 0 Å². The molecule has 5 rings (SSSR count). The maximum atomic E-state index is 13.1. The highest BCUT2D eigenvalue weighted by Gasteiger charge is 2.42. The number of ether oxygens (including phenoxy) is 3. The van der Waals surface area contributed by atoms with Crippen molar-refractivity contribution in [3.8, 4) is 11.5 Å². The largest absolute Gasteiger partial charge is 0.490 e. The number of hydrogen-bond donors (Lipinski definition) is 1. The van der Waals surface area contributed by atoms with Crippen LogP contribution in [0.5, 0.6) is 11.5 Å². The zero-order valence-electron chi connectivity index (χ0n) is 21.5. The lowest BCUT2D eigenvalue weighted by Gasteiger charge is -2.36. The standard InChI is InChI=1S/C30H30INO6/c1-3-36-25-15-18(14-20(31)30(25)37-16-26(35)32-19-12-10-17(2)11-13-19)27-28-21(33)6-4-8-23(28)38-24-9-5-7-22(34)29(24)27/h10-15,27H,3-9,16H2,1-2H3,(H,32,35). The first-order chi connectivity index (χ1) is 18.4. The lowest BCUT2D eigenvalue weighted by Crippen LogP contribution is -2.30. The van der Waals surface area contributed by atoms with Crippen LogP contribution in [-0.2, 0) is 19.1 Å². The summed E-state index contributed by atoms with van der Waals surface area (Å²) in [7, 11) is 0. The molecular weight excluding hydrogens is 597 g/mol. The smallest absolute Gasteiger partial charge is 0.262 e. The van der Waals surface area contributed by atoms with Gasteiger partial charge in [-0.05, 0) is 79.1 Å². The molecule has 1 N–H and O–H groups in total. The number of benzene rings is 2. The van der Waals surface area contributed by atoms with Gasteiger partial charge in [0.1, 0.15) is 11.5 Å². The van der Waals surface area contributed by atoms with Crippen LogP contribution in [0.3, 0.4) is 0 Å². The number of anilines is 1. The highest BCUT2D eigenvalue weighted by Crippen LogP contribution is 2.49. The van der Waals surface area contributed by atoms with Crippen molar-refractivity contribution >= 4 is 45.8 Å². The van der Waals surface area contributed by atoms with E-state index in [1.54, 1.807) is 0 Å². The SMILES string of the molecule is CCOc1cc(C2C3=C(CCCC3=O)OC3=C2C(=O)CCC3)cc(I)c1OCC(=O)Nc1ccc(C)cc1. The van der Waals surface area contributed by atoms with Gasteiger partial charge in [0.15, 0.2) is 29.7 Å². The summed E-state index contributed by atoms with van der Waals surface area (Å²) in [5, 5.41) is 2.84. The zero-order valence-corrected chi connectivity index (χ0v) is 23.7. The molecule has 1 aliphatic heterocycles. The van der Waals surface area contributed by atoms with E-state index in [0.717, 1.165) is 27.5 Å². The van der Waals surface area contributed by atoms with Crippen molar-refractivity contribution in [2.75, 3.05) is 18.5 Å². The molecule has 0 bridgehead atoms. The summed E-state index contributed by atoms with van der Waals surface area (Å²) in [5.41, 5.74) is 3.78. The van der Waals surface area contributed by atoms with Crippen molar-refractivity contribution in [2.24, 2.45) is 0 Å². The molecule has 0 unspecified atom stereocenters. The van der Waals surface area contributed by atoms with E-state index in [4.69, 9.17) is 14.2 Å². The normalized spacial score (nSPS) is 17.6. The molecular formula is C30H30INO6. The van der Waals surface area contributed by atoms with Gasteiger partial charge in [-0.15, -0.1) is 0 Å². The van der Waals surface area contributed by atoms with Gasteiger partial charge < -0.3 is 19.5 Å². The number of carbonyl (C=O) groups excluding carboxylic acids is 3. The van der Waals surface area contributed by atoms with Crippen LogP contribution in [0.1, 0.15) is 62.5 Å². The fourth-order valence-corrected chi connectivity index (χ4v) is 6.06. The first kappa shape index (κ1) is 26.5. The number of amides is 1. The Balaban J connectivity index is 1.47. The number of Topliss-reactive ketones (excluding diaryl/α,β-unsaturated/α-hetero) is 2. The third-order valence-corrected chi connectivity index (χ3v) is 7.79. The fourth-order valence-electron chi connectivity index (χ4n) is 5.28. The summed E-state index contributed by atoms with van der Waals surface area (Å²) in [5.74, 6) is 1.60. The van der Waals surface area contributed by atoms with E-state index < -0.39 is 5.92 Å². The lowest BCUT2D eigenvalue weighted by atomic mass is 9.73. The summed E-state index contributed by atoms with van der Waals surface area (Å²) in [6, 6.07) is 11.3. The van der Waals surface area contributed by atoms with Gasteiger partial charge in [-0.1, -0.05) is 17.7 Å². The fraction of sp³-hybridized carbons (Fsp3) is 0.367. The minimum absolute atomic E-state index is 0.0299. The van der Waals surface area contributed by atoms with Crippen LogP contribution in [0.15, 0.2) is 59.1 Å². The second kappa shape index (κ2) is 11.3. The molecule has 0 radical (unpaired) electrons. The molecule has 1 heterocycles. The summed E-state index contributed by atoms with van der Waals surface area (Å²) >= 11 is 2.16. The molecule has 0 saturated heterocycles. The number of nitrogens with one attached hydrogen (secondary N) is 1. The van der Waals surface area contributed by atoms with Crippen molar-refractivity contribution in [3.05, 3.63) is 73.8 Å². The van der Waals surface area contributed by atoms with E-state index in [9.17, 15) is 14.4 Å². The van der Waals surface area contributed by atoms with E-state index in [-0.39, 0.29) is 24.1 Å². The molecule has 0 spiro atoms. The molecule has 38 heavy (non-hydrogen) atoms. The van der Waals surface area contributed by atoms with Gasteiger partial charge in [-0.2, -0.15) is 0 Å². The van der Waals surface area contributed by atoms with Crippen LogP contribution in [0, 0.1) is 10.5 Å². The van der Waals surface area contributed by atoms with Gasteiger partial charge in [0, 0.05) is 48.4 Å². The van der Waals surface area contributed by atoms with Crippen molar-refractivity contribution in [3.63, 3.8) is 0 Å². The molecule has 0 saturated carbocycles. The van der Waals surface area contributed by atoms with Gasteiger partial charge in [0.05, 0.1) is 10.2 Å². The number of hydrogen-bond acceptors (Lipinski definition) is 6. The van der Waals surface area contributed by atoms with Crippen molar-refractivity contribution < 1.29 is 28.6 Å². The number of aryl methyl sites for hydroxylation is 1. The summed E-state index contributed by atoms with van der Waals surface area (Å²) in [4.78, 5) is 38.8. The highest BCUT2D eigenvalue weighted by atomic mass is 127. The number of ketones is 2. The molecule has 2 aromatic rings. The molecule has 7 nitrogen and oxygen atoms in total. The van der Waals surface area contributed by atoms with E-state index in [1.165, 1.54) is 0 Å². The number of rotatable bonds is 7. The molecule has 1 amide bonds. The first-order valence-corrected chi connectivity index (χ1v) is 14.1. The number of carbonyl (C=O) groups is 3. The van der Waals surface area contributed by atoms with E-state index in [2.05, 4.69) is 27.9 Å². The van der Waals surface area contributed by atoms with Crippen LogP contribution in [-0.4, -0.2) is 30.7 Å². The van der Waals surface area contributed by atoms with Gasteiger partial charge in [0.25, 0.3) is 5.91 Å². The molecule has 0 fully saturated rings. The minimum atomic E-state index is -0.485. The van der Waals surface area contributed by atoms with E-state index in [0.29, 0.717) is 72.1 Å². The van der Waals surface area contributed by atoms with Crippen LogP contribution in [0.2, 0.25) is 0 Å². The van der Waals surface area contributed by atoms with E-state index >= 15 is 0 Å². The third kappa shape index (κ3) is 5.36. The summed E-state index contributed by atoms with van der Waals surface area (Å²) in [6.45, 7) is 4.05. The Morgan fingerprint density at radius 2 is 1.61 bits per heavy atom. The molecule has 0 aromatic heterocycles. The summed E-state index contributed by atoms with van der Waals surface area (Å²) in [6.07, 6.45) is 3.77. The Labute approximate surface area is 235 Å².